The Morgan fingerprint density at radius 2 is 1.83 bits per heavy atom. The number of alkyl halides is 1. The van der Waals surface area contributed by atoms with E-state index in [9.17, 15) is 37.7 Å². The summed E-state index contributed by atoms with van der Waals surface area (Å²) >= 11 is 0. The molecule has 2 heterocycles. The molecule has 1 fully saturated rings. The molecular formula is C10H16FN2O14P3. The Morgan fingerprint density at radius 1 is 1.23 bits per heavy atom. The molecule has 0 bridgehead atoms. The highest BCUT2D eigenvalue weighted by Gasteiger charge is 2.51. The van der Waals surface area contributed by atoms with E-state index in [1.165, 1.54) is 6.92 Å². The lowest BCUT2D eigenvalue weighted by molar-refractivity contribution is -0.148. The van der Waals surface area contributed by atoms with Crippen molar-refractivity contribution in [2.24, 2.45) is 0 Å². The number of nitrogens with one attached hydrogen (secondary N) is 1. The van der Waals surface area contributed by atoms with Crippen LogP contribution in [0.15, 0.2) is 15.8 Å². The summed E-state index contributed by atoms with van der Waals surface area (Å²) in [6.45, 7) is 0.0580. The van der Waals surface area contributed by atoms with Crippen LogP contribution in [0.4, 0.5) is 4.39 Å². The fourth-order valence-corrected chi connectivity index (χ4v) is 5.33. The Balaban J connectivity index is 2.10. The SMILES string of the molecule is Cc1cn(C2CC(O)(F)C(COP(=O)(O)OP(=O)(O)OP(=O)(O)O)O2)c(=O)[nH]c1=O. The average molecular weight is 500 g/mol. The average Bonchev–Trinajstić information content (AvgIpc) is 2.80. The maximum atomic E-state index is 14.4. The van der Waals surface area contributed by atoms with Crippen molar-refractivity contribution >= 4 is 23.5 Å². The molecule has 0 aliphatic carbocycles. The lowest BCUT2D eigenvalue weighted by atomic mass is 10.1. The van der Waals surface area contributed by atoms with Gasteiger partial charge in [-0.25, -0.2) is 22.9 Å². The number of aliphatic hydroxyl groups is 1. The number of ether oxygens (including phenoxy) is 1. The molecular weight excluding hydrogens is 484 g/mol. The van der Waals surface area contributed by atoms with E-state index >= 15 is 0 Å². The monoisotopic (exact) mass is 500 g/mol. The molecule has 1 aromatic rings. The van der Waals surface area contributed by atoms with E-state index in [1.807, 2.05) is 4.98 Å². The zero-order valence-electron chi connectivity index (χ0n) is 14.7. The third-order valence-corrected chi connectivity index (χ3v) is 7.34. The smallest absolute Gasteiger partial charge is 0.360 e. The third-order valence-electron chi connectivity index (χ3n) is 3.54. The molecule has 5 unspecified atom stereocenters. The van der Waals surface area contributed by atoms with E-state index in [0.717, 1.165) is 10.8 Å². The van der Waals surface area contributed by atoms with Gasteiger partial charge in [-0.15, -0.1) is 0 Å². The molecule has 172 valence electrons. The van der Waals surface area contributed by atoms with Gasteiger partial charge in [-0.2, -0.15) is 8.62 Å². The number of nitrogens with zero attached hydrogens (tertiary/aromatic N) is 1. The number of rotatable bonds is 8. The first-order valence-electron chi connectivity index (χ1n) is 7.58. The van der Waals surface area contributed by atoms with Crippen molar-refractivity contribution in [3.63, 3.8) is 0 Å². The Hall–Kier alpha value is -1.06. The lowest BCUT2D eigenvalue weighted by Gasteiger charge is -2.21. The number of hydrogen-bond acceptors (Lipinski definition) is 10. The Kier molecular flexibility index (Phi) is 7.11. The molecule has 1 aromatic heterocycles. The zero-order valence-corrected chi connectivity index (χ0v) is 17.4. The number of phosphoric ester groups is 1. The molecule has 1 aliphatic rings. The van der Waals surface area contributed by atoms with Gasteiger partial charge in [0.1, 0.15) is 12.3 Å². The van der Waals surface area contributed by atoms with Crippen LogP contribution in [0.2, 0.25) is 0 Å². The van der Waals surface area contributed by atoms with Gasteiger partial charge in [-0.1, -0.05) is 0 Å². The Labute approximate surface area is 165 Å². The summed E-state index contributed by atoms with van der Waals surface area (Å²) in [6.07, 6.45) is -3.35. The first-order chi connectivity index (χ1) is 13.4. The molecule has 20 heteroatoms. The van der Waals surface area contributed by atoms with Gasteiger partial charge in [0.15, 0.2) is 0 Å². The van der Waals surface area contributed by atoms with E-state index < -0.39 is 65.9 Å². The van der Waals surface area contributed by atoms with Crippen molar-refractivity contribution in [1.29, 1.82) is 0 Å². The summed E-state index contributed by atoms with van der Waals surface area (Å²) in [4.78, 5) is 60.4. The number of aromatic nitrogens is 2. The minimum Gasteiger partial charge on any atom is -0.360 e. The third kappa shape index (κ3) is 6.72. The van der Waals surface area contributed by atoms with Crippen molar-refractivity contribution in [3.8, 4) is 0 Å². The van der Waals surface area contributed by atoms with Crippen LogP contribution in [0.5, 0.6) is 0 Å². The Bertz CT molecular complexity index is 1060. The topological polar surface area (TPSA) is 244 Å². The second-order valence-corrected chi connectivity index (χ2v) is 10.4. The van der Waals surface area contributed by atoms with Crippen LogP contribution in [0.3, 0.4) is 0 Å². The largest absolute Gasteiger partial charge is 0.490 e. The number of hydrogen-bond donors (Lipinski definition) is 6. The highest BCUT2D eigenvalue weighted by molar-refractivity contribution is 7.66. The van der Waals surface area contributed by atoms with Gasteiger partial charge in [0.25, 0.3) is 5.56 Å². The van der Waals surface area contributed by atoms with Gasteiger partial charge in [0.05, 0.1) is 13.0 Å². The van der Waals surface area contributed by atoms with E-state index in [-0.39, 0.29) is 5.56 Å². The molecule has 16 nitrogen and oxygen atoms in total. The van der Waals surface area contributed by atoms with Crippen molar-refractivity contribution in [2.75, 3.05) is 6.61 Å². The van der Waals surface area contributed by atoms with Gasteiger partial charge in [0.2, 0.25) is 5.85 Å². The molecule has 1 saturated heterocycles. The standard InChI is InChI=1S/C10H16FN2O14P3/c1-5-3-13(9(15)12-8(5)14)7-2-10(11,16)6(25-7)4-24-29(20,21)27-30(22,23)26-28(17,18)19/h3,6-7,16H,2,4H2,1H3,(H,20,21)(H,22,23)(H,12,14,15)(H2,17,18,19). The molecule has 0 aromatic carbocycles. The lowest BCUT2D eigenvalue weighted by Crippen LogP contribution is -2.36. The summed E-state index contributed by atoms with van der Waals surface area (Å²) < 4.78 is 64.8. The number of aromatic amines is 1. The van der Waals surface area contributed by atoms with Gasteiger partial charge in [-0.05, 0) is 6.92 Å². The summed E-state index contributed by atoms with van der Waals surface area (Å²) in [5, 5.41) is 9.78. The van der Waals surface area contributed by atoms with Gasteiger partial charge in [0, 0.05) is 11.8 Å². The molecule has 30 heavy (non-hydrogen) atoms. The molecule has 0 amide bonds. The molecule has 0 spiro atoms. The molecule has 0 saturated carbocycles. The minimum atomic E-state index is -5.78. The van der Waals surface area contributed by atoms with Crippen LogP contribution >= 0.6 is 23.5 Å². The maximum Gasteiger partial charge on any atom is 0.490 e. The summed E-state index contributed by atoms with van der Waals surface area (Å²) in [6, 6.07) is 0. The van der Waals surface area contributed by atoms with Gasteiger partial charge in [-0.3, -0.25) is 18.9 Å². The fourth-order valence-electron chi connectivity index (χ4n) is 2.31. The predicted octanol–water partition coefficient (Wildman–Crippen LogP) is -0.866. The highest BCUT2D eigenvalue weighted by atomic mass is 31.3. The summed E-state index contributed by atoms with van der Waals surface area (Å²) in [5.41, 5.74) is -1.66. The van der Waals surface area contributed by atoms with Crippen LogP contribution < -0.4 is 11.2 Å². The first kappa shape index (κ1) is 25.2. The van der Waals surface area contributed by atoms with Crippen molar-refractivity contribution < 1.29 is 60.6 Å². The van der Waals surface area contributed by atoms with Crippen molar-refractivity contribution in [1.82, 2.24) is 9.55 Å². The zero-order chi connectivity index (χ0) is 23.1. The van der Waals surface area contributed by atoms with Crippen molar-refractivity contribution in [3.05, 3.63) is 32.6 Å². The van der Waals surface area contributed by atoms with Crippen LogP contribution in [-0.4, -0.2) is 52.8 Å². The number of aryl methyl sites for hydroxylation is 1. The van der Waals surface area contributed by atoms with E-state index in [4.69, 9.17) is 19.4 Å². The van der Waals surface area contributed by atoms with Crippen molar-refractivity contribution in [2.45, 2.75) is 31.5 Å². The van der Waals surface area contributed by atoms with Crippen LogP contribution in [0, 0.1) is 6.92 Å². The summed E-state index contributed by atoms with van der Waals surface area (Å²) in [5.74, 6) is -3.22. The van der Waals surface area contributed by atoms with E-state index in [1.54, 1.807) is 0 Å². The molecule has 5 atom stereocenters. The molecule has 6 N–H and O–H groups in total. The molecule has 1 aliphatic heterocycles. The predicted molar refractivity (Wildman–Crippen MR) is 90.5 cm³/mol. The number of phosphoric acid groups is 3. The van der Waals surface area contributed by atoms with Gasteiger partial charge < -0.3 is 29.4 Å². The first-order valence-corrected chi connectivity index (χ1v) is 12.1. The van der Waals surface area contributed by atoms with Crippen LogP contribution in [0.25, 0.3) is 0 Å². The fraction of sp³-hybridized carbons (Fsp3) is 0.600. The van der Waals surface area contributed by atoms with Crippen LogP contribution in [0.1, 0.15) is 18.2 Å². The summed E-state index contributed by atoms with van der Waals surface area (Å²) in [7, 11) is -17.0. The minimum absolute atomic E-state index is 0.0531. The van der Waals surface area contributed by atoms with Gasteiger partial charge >= 0.3 is 29.2 Å². The molecule has 0 radical (unpaired) electrons. The van der Waals surface area contributed by atoms with E-state index in [2.05, 4.69) is 13.1 Å². The maximum absolute atomic E-state index is 14.4. The second-order valence-electron chi connectivity index (χ2n) is 5.97. The van der Waals surface area contributed by atoms with Crippen LogP contribution in [-0.2, 0) is 31.6 Å². The van der Waals surface area contributed by atoms with E-state index in [0.29, 0.717) is 0 Å². The number of H-pyrrole nitrogens is 1. The quantitative estimate of drug-likeness (QED) is 0.238. The second kappa shape index (κ2) is 8.47. The Morgan fingerprint density at radius 3 is 2.40 bits per heavy atom. The molecule has 2 rings (SSSR count). The highest BCUT2D eigenvalue weighted by Crippen LogP contribution is 2.66. The normalized spacial score (nSPS) is 28.8. The number of halogens is 1.